The summed E-state index contributed by atoms with van der Waals surface area (Å²) in [4.78, 5) is 13.1. The lowest BCUT2D eigenvalue weighted by molar-refractivity contribution is -0.143. The average molecular weight is 539 g/mol. The summed E-state index contributed by atoms with van der Waals surface area (Å²) in [5.41, 5.74) is -3.90. The summed E-state index contributed by atoms with van der Waals surface area (Å²) in [5, 5.41) is 6.13. The Labute approximate surface area is 215 Å². The van der Waals surface area contributed by atoms with Crippen LogP contribution >= 0.6 is 0 Å². The third kappa shape index (κ3) is 9.16. The van der Waals surface area contributed by atoms with Crippen LogP contribution < -0.4 is 10.6 Å². The van der Waals surface area contributed by atoms with Gasteiger partial charge in [-0.15, -0.1) is 0 Å². The van der Waals surface area contributed by atoms with Crippen molar-refractivity contribution in [2.75, 3.05) is 0 Å². The predicted octanol–water partition coefficient (Wildman–Crippen LogP) is 7.11. The maximum absolute atomic E-state index is 13.2. The monoisotopic (exact) mass is 538 g/mol. The molecule has 5 atom stereocenters. The Balaban J connectivity index is 2.01. The molecule has 2 rings (SSSR count). The molecule has 0 aliphatic carbocycles. The predicted molar refractivity (Wildman–Crippen MR) is 131 cm³/mol. The lowest BCUT2D eigenvalue weighted by Crippen LogP contribution is -2.44. The molecule has 1 aliphatic rings. The Bertz CT molecular complexity index is 870. The standard InChI is InChI=1S/C27H40F6N2O2/c1-16(2)25(6,10-9-17(3)35-18(4)11-23-8-7-19(5)37-23)24(36)34-15-20-12-21(26(28,29)30)14-22(13-20)27(31,32)33/h12-14,16-19,23,35H,7-11,15H2,1-6H3,(H,34,36). The maximum Gasteiger partial charge on any atom is 0.416 e. The fourth-order valence-corrected chi connectivity index (χ4v) is 4.78. The molecule has 1 amide bonds. The van der Waals surface area contributed by atoms with Crippen LogP contribution in [0.25, 0.3) is 0 Å². The van der Waals surface area contributed by atoms with Crippen molar-refractivity contribution in [3.8, 4) is 0 Å². The van der Waals surface area contributed by atoms with Crippen molar-refractivity contribution in [2.45, 2.75) is 117 Å². The minimum Gasteiger partial charge on any atom is -0.375 e. The first kappa shape index (κ1) is 31.4. The first-order valence-corrected chi connectivity index (χ1v) is 12.9. The molecule has 0 radical (unpaired) electrons. The van der Waals surface area contributed by atoms with Gasteiger partial charge in [-0.3, -0.25) is 4.79 Å². The highest BCUT2D eigenvalue weighted by atomic mass is 19.4. The average Bonchev–Trinajstić information content (AvgIpc) is 3.18. The van der Waals surface area contributed by atoms with Crippen LogP contribution in [0, 0.1) is 11.3 Å². The molecule has 10 heteroatoms. The van der Waals surface area contributed by atoms with Crippen LogP contribution in [0.1, 0.15) is 90.3 Å². The highest BCUT2D eigenvalue weighted by Gasteiger charge is 2.38. The van der Waals surface area contributed by atoms with Crippen molar-refractivity contribution in [3.63, 3.8) is 0 Å². The number of halogens is 6. The number of alkyl halides is 6. The van der Waals surface area contributed by atoms with E-state index in [1.54, 1.807) is 6.92 Å². The number of carbonyl (C=O) groups excluding carboxylic acids is 1. The first-order chi connectivity index (χ1) is 16.9. The van der Waals surface area contributed by atoms with Crippen LogP contribution in [0.15, 0.2) is 18.2 Å². The molecule has 1 aromatic carbocycles. The van der Waals surface area contributed by atoms with Gasteiger partial charge in [-0.25, -0.2) is 0 Å². The molecule has 1 heterocycles. The normalized spacial score (nSPS) is 22.1. The lowest BCUT2D eigenvalue weighted by atomic mass is 9.74. The molecule has 1 saturated heterocycles. The topological polar surface area (TPSA) is 50.4 Å². The number of nitrogens with one attached hydrogen (secondary N) is 2. The highest BCUT2D eigenvalue weighted by Crippen LogP contribution is 2.37. The number of amides is 1. The van der Waals surface area contributed by atoms with E-state index >= 15 is 0 Å². The second-order valence-electron chi connectivity index (χ2n) is 11.1. The SMILES string of the molecule is CC(CCC(C)(C(=O)NCc1cc(C(F)(F)F)cc(C(F)(F)F)c1)C(C)C)NC(C)CC1CCC(C)O1. The number of hydrogen-bond donors (Lipinski definition) is 2. The molecule has 1 aliphatic heterocycles. The zero-order valence-corrected chi connectivity index (χ0v) is 22.4. The quantitative estimate of drug-likeness (QED) is 0.295. The van der Waals surface area contributed by atoms with E-state index in [1.807, 2.05) is 20.8 Å². The molecule has 2 N–H and O–H groups in total. The Morgan fingerprint density at radius 3 is 2.00 bits per heavy atom. The third-order valence-corrected chi connectivity index (χ3v) is 7.50. The number of ether oxygens (including phenoxy) is 1. The fraction of sp³-hybridized carbons (Fsp3) is 0.741. The van der Waals surface area contributed by atoms with E-state index in [4.69, 9.17) is 4.74 Å². The molecule has 4 nitrogen and oxygen atoms in total. The summed E-state index contributed by atoms with van der Waals surface area (Å²) in [7, 11) is 0. The molecule has 0 bridgehead atoms. The highest BCUT2D eigenvalue weighted by molar-refractivity contribution is 5.82. The summed E-state index contributed by atoms with van der Waals surface area (Å²) in [5.74, 6) is -0.500. The van der Waals surface area contributed by atoms with Crippen LogP contribution in [0.2, 0.25) is 0 Å². The van der Waals surface area contributed by atoms with Gasteiger partial charge in [0.25, 0.3) is 0 Å². The molecular weight excluding hydrogens is 498 g/mol. The Morgan fingerprint density at radius 1 is 0.973 bits per heavy atom. The van der Waals surface area contributed by atoms with Crippen LogP contribution in [0.3, 0.4) is 0 Å². The van der Waals surface area contributed by atoms with Crippen molar-refractivity contribution in [2.24, 2.45) is 11.3 Å². The van der Waals surface area contributed by atoms with Gasteiger partial charge in [-0.1, -0.05) is 20.8 Å². The van der Waals surface area contributed by atoms with Gasteiger partial charge in [0.15, 0.2) is 0 Å². The number of benzene rings is 1. The van der Waals surface area contributed by atoms with Gasteiger partial charge in [0.05, 0.1) is 23.3 Å². The third-order valence-electron chi connectivity index (χ3n) is 7.50. The van der Waals surface area contributed by atoms with Gasteiger partial charge in [0.2, 0.25) is 5.91 Å². The molecule has 1 aromatic rings. The Kier molecular flexibility index (Phi) is 10.5. The molecule has 0 spiro atoms. The van der Waals surface area contributed by atoms with Crippen molar-refractivity contribution < 1.29 is 35.9 Å². The van der Waals surface area contributed by atoms with Gasteiger partial charge in [0, 0.05) is 24.0 Å². The summed E-state index contributed by atoms with van der Waals surface area (Å²) in [6, 6.07) is 1.71. The van der Waals surface area contributed by atoms with Crippen LogP contribution in [-0.2, 0) is 28.4 Å². The van der Waals surface area contributed by atoms with Crippen molar-refractivity contribution in [3.05, 3.63) is 34.9 Å². The van der Waals surface area contributed by atoms with Crippen LogP contribution in [0.4, 0.5) is 26.3 Å². The molecule has 0 aromatic heterocycles. The Hall–Kier alpha value is -1.81. The maximum atomic E-state index is 13.2. The molecule has 0 saturated carbocycles. The minimum absolute atomic E-state index is 0.0817. The van der Waals surface area contributed by atoms with Crippen molar-refractivity contribution in [1.29, 1.82) is 0 Å². The summed E-state index contributed by atoms with van der Waals surface area (Å²) >= 11 is 0. The minimum atomic E-state index is -4.94. The Morgan fingerprint density at radius 2 is 1.54 bits per heavy atom. The van der Waals surface area contributed by atoms with Crippen molar-refractivity contribution >= 4 is 5.91 Å². The van der Waals surface area contributed by atoms with Gasteiger partial charge in [-0.2, -0.15) is 26.3 Å². The van der Waals surface area contributed by atoms with Gasteiger partial charge < -0.3 is 15.4 Å². The second-order valence-corrected chi connectivity index (χ2v) is 11.1. The number of rotatable bonds is 11. The van der Waals surface area contributed by atoms with E-state index < -0.39 is 41.3 Å². The summed E-state index contributed by atoms with van der Waals surface area (Å²) in [6.07, 6.45) is -5.16. The molecular formula is C27H40F6N2O2. The second kappa shape index (κ2) is 12.4. The lowest BCUT2D eigenvalue weighted by Gasteiger charge is -2.34. The molecule has 212 valence electrons. The smallest absolute Gasteiger partial charge is 0.375 e. The molecule has 5 unspecified atom stereocenters. The van der Waals surface area contributed by atoms with E-state index in [-0.39, 0.29) is 41.8 Å². The summed E-state index contributed by atoms with van der Waals surface area (Å²) < 4.78 is 84.8. The van der Waals surface area contributed by atoms with E-state index in [1.165, 1.54) is 0 Å². The molecule has 37 heavy (non-hydrogen) atoms. The number of carbonyl (C=O) groups is 1. The zero-order chi connectivity index (χ0) is 28.2. The summed E-state index contributed by atoms with van der Waals surface area (Å²) in [6.45, 7) is 11.3. The number of hydrogen-bond acceptors (Lipinski definition) is 3. The van der Waals surface area contributed by atoms with E-state index in [2.05, 4.69) is 24.5 Å². The van der Waals surface area contributed by atoms with Gasteiger partial charge >= 0.3 is 12.4 Å². The van der Waals surface area contributed by atoms with Crippen LogP contribution in [0.5, 0.6) is 0 Å². The van der Waals surface area contributed by atoms with Gasteiger partial charge in [0.1, 0.15) is 0 Å². The van der Waals surface area contributed by atoms with E-state index in [9.17, 15) is 31.1 Å². The first-order valence-electron chi connectivity index (χ1n) is 12.9. The van der Waals surface area contributed by atoms with Crippen LogP contribution in [-0.4, -0.2) is 30.2 Å². The van der Waals surface area contributed by atoms with Gasteiger partial charge in [-0.05, 0) is 82.6 Å². The molecule has 1 fully saturated rings. The van der Waals surface area contributed by atoms with E-state index in [0.717, 1.165) is 19.3 Å². The fourth-order valence-electron chi connectivity index (χ4n) is 4.78. The van der Waals surface area contributed by atoms with E-state index in [0.29, 0.717) is 25.0 Å². The largest absolute Gasteiger partial charge is 0.416 e. The zero-order valence-electron chi connectivity index (χ0n) is 22.4. The van der Waals surface area contributed by atoms with Crippen molar-refractivity contribution in [1.82, 2.24) is 10.6 Å².